The number of nitrogens with one attached hydrogen (secondary N) is 1. The smallest absolute Gasteiger partial charge is 0.193 e. The highest BCUT2D eigenvalue weighted by Crippen LogP contribution is 2.21. The predicted octanol–water partition coefficient (Wildman–Crippen LogP) is 2.15. The van der Waals surface area contributed by atoms with Crippen LogP contribution in [0.15, 0.2) is 42.0 Å². The number of hydrazine groups is 1. The highest BCUT2D eigenvalue weighted by Gasteiger charge is 2.13. The third kappa shape index (κ3) is 2.53. The maximum Gasteiger partial charge on any atom is 0.193 e. The van der Waals surface area contributed by atoms with E-state index in [1.807, 2.05) is 46.4 Å². The minimum atomic E-state index is 0.0329. The Kier molecular flexibility index (Phi) is 3.68. The first-order chi connectivity index (χ1) is 9.80. The molecule has 104 valence electrons. The molecule has 0 aliphatic rings. The third-order valence-electron chi connectivity index (χ3n) is 3.28. The van der Waals surface area contributed by atoms with E-state index in [2.05, 4.69) is 10.4 Å². The fraction of sp³-hybridized carbons (Fsp3) is 0.214. The van der Waals surface area contributed by atoms with Crippen LogP contribution in [0.3, 0.4) is 0 Å². The summed E-state index contributed by atoms with van der Waals surface area (Å²) in [7, 11) is 1.66. The molecule has 0 aliphatic heterocycles. The number of aromatic nitrogens is 2. The van der Waals surface area contributed by atoms with Crippen LogP contribution in [0.25, 0.3) is 4.96 Å². The predicted molar refractivity (Wildman–Crippen MR) is 79.8 cm³/mol. The van der Waals surface area contributed by atoms with Gasteiger partial charge in [-0.2, -0.15) is 0 Å². The minimum absolute atomic E-state index is 0.0329. The van der Waals surface area contributed by atoms with Crippen molar-refractivity contribution in [3.63, 3.8) is 0 Å². The summed E-state index contributed by atoms with van der Waals surface area (Å²) in [4.78, 5) is 5.59. The van der Waals surface area contributed by atoms with Gasteiger partial charge in [0.15, 0.2) is 4.96 Å². The fourth-order valence-corrected chi connectivity index (χ4v) is 2.91. The van der Waals surface area contributed by atoms with Gasteiger partial charge in [0.25, 0.3) is 0 Å². The van der Waals surface area contributed by atoms with Gasteiger partial charge in [0.05, 0.1) is 18.8 Å². The molecule has 1 unspecified atom stereocenters. The lowest BCUT2D eigenvalue weighted by molar-refractivity contribution is 0.414. The topological polar surface area (TPSA) is 64.6 Å². The molecule has 0 saturated heterocycles. The Bertz CT molecular complexity index is 660. The molecule has 6 heteroatoms. The van der Waals surface area contributed by atoms with Crippen LogP contribution in [0, 0.1) is 0 Å². The van der Waals surface area contributed by atoms with Gasteiger partial charge in [-0.3, -0.25) is 15.7 Å². The van der Waals surface area contributed by atoms with Gasteiger partial charge < -0.3 is 4.74 Å². The van der Waals surface area contributed by atoms with Gasteiger partial charge in [-0.05, 0) is 17.7 Å². The van der Waals surface area contributed by atoms with Crippen LogP contribution in [-0.4, -0.2) is 16.5 Å². The zero-order chi connectivity index (χ0) is 13.9. The van der Waals surface area contributed by atoms with Crippen molar-refractivity contribution in [1.82, 2.24) is 14.8 Å². The van der Waals surface area contributed by atoms with Gasteiger partial charge in [0.1, 0.15) is 5.75 Å². The van der Waals surface area contributed by atoms with Gasteiger partial charge in [0, 0.05) is 24.2 Å². The number of benzene rings is 1. The fourth-order valence-electron chi connectivity index (χ4n) is 2.19. The molecule has 0 aliphatic carbocycles. The first kappa shape index (κ1) is 13.1. The number of methoxy groups -OCH3 is 1. The Balaban J connectivity index is 1.80. The van der Waals surface area contributed by atoms with Crippen molar-refractivity contribution in [3.05, 3.63) is 53.3 Å². The number of imidazole rings is 1. The molecule has 0 fully saturated rings. The van der Waals surface area contributed by atoms with E-state index in [0.29, 0.717) is 0 Å². The Labute approximate surface area is 121 Å². The summed E-state index contributed by atoms with van der Waals surface area (Å²) in [5.41, 5.74) is 4.99. The minimum Gasteiger partial charge on any atom is -0.497 e. The standard InChI is InChI=1S/C14H16N4OS/c1-19-12-4-2-10(3-5-12)13(17-15)8-11-9-18-6-7-20-14(18)16-11/h2-7,9,13,17H,8,15H2,1H3. The summed E-state index contributed by atoms with van der Waals surface area (Å²) >= 11 is 1.63. The van der Waals surface area contributed by atoms with E-state index in [0.717, 1.165) is 28.4 Å². The molecule has 3 N–H and O–H groups in total. The third-order valence-corrected chi connectivity index (χ3v) is 4.05. The SMILES string of the molecule is COc1ccc(C(Cc2cn3ccsc3n2)NN)cc1. The average Bonchev–Trinajstić information content (AvgIpc) is 3.06. The van der Waals surface area contributed by atoms with Crippen molar-refractivity contribution in [2.45, 2.75) is 12.5 Å². The van der Waals surface area contributed by atoms with E-state index in [1.54, 1.807) is 18.4 Å². The normalized spacial score (nSPS) is 12.7. The number of fused-ring (bicyclic) bond motifs is 1. The van der Waals surface area contributed by atoms with Crippen molar-refractivity contribution < 1.29 is 4.74 Å². The summed E-state index contributed by atoms with van der Waals surface area (Å²) in [5.74, 6) is 6.52. The van der Waals surface area contributed by atoms with E-state index in [9.17, 15) is 0 Å². The summed E-state index contributed by atoms with van der Waals surface area (Å²) in [6.45, 7) is 0. The molecule has 0 saturated carbocycles. The highest BCUT2D eigenvalue weighted by molar-refractivity contribution is 7.15. The Morgan fingerprint density at radius 1 is 1.40 bits per heavy atom. The molecule has 3 rings (SSSR count). The molecule has 2 heterocycles. The summed E-state index contributed by atoms with van der Waals surface area (Å²) < 4.78 is 7.19. The van der Waals surface area contributed by atoms with E-state index >= 15 is 0 Å². The Hall–Kier alpha value is -1.89. The molecule has 3 aromatic rings. The van der Waals surface area contributed by atoms with Gasteiger partial charge in [0.2, 0.25) is 0 Å². The maximum atomic E-state index is 5.68. The zero-order valence-corrected chi connectivity index (χ0v) is 11.9. The second-order valence-corrected chi connectivity index (χ2v) is 5.39. The van der Waals surface area contributed by atoms with Crippen LogP contribution in [0.5, 0.6) is 5.75 Å². The zero-order valence-electron chi connectivity index (χ0n) is 11.1. The second-order valence-electron chi connectivity index (χ2n) is 4.52. The van der Waals surface area contributed by atoms with Gasteiger partial charge in [-0.1, -0.05) is 12.1 Å². The van der Waals surface area contributed by atoms with Crippen LogP contribution in [-0.2, 0) is 6.42 Å². The van der Waals surface area contributed by atoms with Crippen LogP contribution < -0.4 is 16.0 Å². The molecule has 0 spiro atoms. The number of nitrogens with zero attached hydrogens (tertiary/aromatic N) is 2. The van der Waals surface area contributed by atoms with Crippen molar-refractivity contribution in [3.8, 4) is 5.75 Å². The second kappa shape index (κ2) is 5.62. The van der Waals surface area contributed by atoms with Crippen molar-refractivity contribution >= 4 is 16.3 Å². The van der Waals surface area contributed by atoms with Gasteiger partial charge in [-0.15, -0.1) is 11.3 Å². The number of hydrogen-bond acceptors (Lipinski definition) is 5. The summed E-state index contributed by atoms with van der Waals surface area (Å²) in [6.07, 6.45) is 4.80. The molecular formula is C14H16N4OS. The first-order valence-electron chi connectivity index (χ1n) is 6.31. The lowest BCUT2D eigenvalue weighted by Crippen LogP contribution is -2.29. The first-order valence-corrected chi connectivity index (χ1v) is 7.19. The molecule has 1 aromatic carbocycles. The van der Waals surface area contributed by atoms with Crippen LogP contribution >= 0.6 is 11.3 Å². The summed E-state index contributed by atoms with van der Waals surface area (Å²) in [6, 6.07) is 7.94. The lowest BCUT2D eigenvalue weighted by Gasteiger charge is -2.15. The number of rotatable bonds is 5. The van der Waals surface area contributed by atoms with E-state index in [4.69, 9.17) is 10.6 Å². The molecule has 0 bridgehead atoms. The van der Waals surface area contributed by atoms with E-state index < -0.39 is 0 Å². The van der Waals surface area contributed by atoms with Crippen LogP contribution in [0.4, 0.5) is 0 Å². The van der Waals surface area contributed by atoms with Crippen molar-refractivity contribution in [2.75, 3.05) is 7.11 Å². The molecule has 20 heavy (non-hydrogen) atoms. The van der Waals surface area contributed by atoms with Crippen LogP contribution in [0.2, 0.25) is 0 Å². The van der Waals surface area contributed by atoms with Crippen molar-refractivity contribution in [1.29, 1.82) is 0 Å². The maximum absolute atomic E-state index is 5.68. The Morgan fingerprint density at radius 3 is 2.85 bits per heavy atom. The highest BCUT2D eigenvalue weighted by atomic mass is 32.1. The van der Waals surface area contributed by atoms with Gasteiger partial charge in [-0.25, -0.2) is 4.98 Å². The molecule has 0 radical (unpaired) electrons. The van der Waals surface area contributed by atoms with E-state index in [1.165, 1.54) is 0 Å². The summed E-state index contributed by atoms with van der Waals surface area (Å²) in [5, 5.41) is 2.02. The molecule has 5 nitrogen and oxygen atoms in total. The molecule has 2 aromatic heterocycles. The van der Waals surface area contributed by atoms with E-state index in [-0.39, 0.29) is 6.04 Å². The molecule has 1 atom stereocenters. The molecule has 0 amide bonds. The largest absolute Gasteiger partial charge is 0.497 e. The van der Waals surface area contributed by atoms with Crippen LogP contribution in [0.1, 0.15) is 17.3 Å². The molecular weight excluding hydrogens is 272 g/mol. The van der Waals surface area contributed by atoms with Crippen molar-refractivity contribution in [2.24, 2.45) is 5.84 Å². The van der Waals surface area contributed by atoms with Gasteiger partial charge >= 0.3 is 0 Å². The Morgan fingerprint density at radius 2 is 2.20 bits per heavy atom. The number of ether oxygens (including phenoxy) is 1. The monoisotopic (exact) mass is 288 g/mol. The average molecular weight is 288 g/mol. The number of thiazole rings is 1. The number of hydrogen-bond donors (Lipinski definition) is 2. The quantitative estimate of drug-likeness (QED) is 0.558. The number of nitrogens with two attached hydrogens (primary N) is 1. The lowest BCUT2D eigenvalue weighted by atomic mass is 10.0.